The van der Waals surface area contributed by atoms with Gasteiger partial charge in [-0.1, -0.05) is 84.0 Å². The summed E-state index contributed by atoms with van der Waals surface area (Å²) >= 11 is 3.28. The largest absolute Gasteiger partial charge is 0.458 e. The monoisotopic (exact) mass is 1020 g/mol. The molecule has 0 radical (unpaired) electrons. The molecule has 15 atom stereocenters. The minimum absolute atomic E-state index is 0.0830. The predicted octanol–water partition coefficient (Wildman–Crippen LogP) is 8.76. The topological polar surface area (TPSA) is 194 Å². The number of aliphatic hydroxyl groups is 3. The first-order valence-corrected chi connectivity index (χ1v) is 25.2. The summed E-state index contributed by atoms with van der Waals surface area (Å²) < 4.78 is 55.2. The summed E-state index contributed by atoms with van der Waals surface area (Å²) in [5.74, 6) is -1.95. The Balaban J connectivity index is 1.06. The Bertz CT molecular complexity index is 2210. The van der Waals surface area contributed by atoms with Crippen LogP contribution in [0.2, 0.25) is 0 Å². The normalized spacial score (nSPS) is 35.7. The van der Waals surface area contributed by atoms with Gasteiger partial charge < -0.3 is 57.3 Å². The van der Waals surface area contributed by atoms with Crippen LogP contribution in [0.15, 0.2) is 92.2 Å². The first kappa shape index (κ1) is 53.0. The van der Waals surface area contributed by atoms with Crippen LogP contribution in [0.1, 0.15) is 121 Å². The molecule has 2 aromatic rings. The lowest BCUT2D eigenvalue weighted by molar-refractivity contribution is -0.286. The molecule has 378 valence electrons. The number of oxazole rings is 2. The molecule has 2 aromatic heterocycles. The molecule has 8 bridgehead atoms. The van der Waals surface area contributed by atoms with E-state index < -0.39 is 48.4 Å². The molecule has 0 saturated carbocycles. The second-order valence-electron chi connectivity index (χ2n) is 19.5. The van der Waals surface area contributed by atoms with Crippen LogP contribution in [-0.2, 0) is 44.4 Å². The van der Waals surface area contributed by atoms with Gasteiger partial charge in [-0.25, -0.2) is 14.8 Å². The van der Waals surface area contributed by atoms with E-state index in [1.807, 2.05) is 64.2 Å². The van der Waals surface area contributed by atoms with Crippen molar-refractivity contribution >= 4 is 34.1 Å². The van der Waals surface area contributed by atoms with Crippen molar-refractivity contribution < 1.29 is 62.1 Å². The van der Waals surface area contributed by atoms with E-state index in [0.29, 0.717) is 75.1 Å². The molecule has 0 aliphatic carbocycles. The van der Waals surface area contributed by atoms with Crippen LogP contribution in [0, 0.1) is 11.8 Å². The molecular weight excluding hydrogens is 952 g/mol. The zero-order chi connectivity index (χ0) is 49.2. The average Bonchev–Trinajstić information content (AvgIpc) is 3.96. The van der Waals surface area contributed by atoms with E-state index in [4.69, 9.17) is 52.0 Å². The van der Waals surface area contributed by atoms with Gasteiger partial charge >= 0.3 is 5.97 Å². The van der Waals surface area contributed by atoms with Crippen LogP contribution in [0.25, 0.3) is 12.2 Å². The molecule has 0 spiro atoms. The molecule has 0 amide bonds. The van der Waals surface area contributed by atoms with Gasteiger partial charge in [-0.3, -0.25) is 0 Å². The first-order chi connectivity index (χ1) is 33.1. The van der Waals surface area contributed by atoms with Gasteiger partial charge in [-0.15, -0.1) is 0 Å². The number of carbonyl (C=O) groups is 1. The van der Waals surface area contributed by atoms with Gasteiger partial charge in [0.25, 0.3) is 0 Å². The van der Waals surface area contributed by atoms with E-state index in [9.17, 15) is 20.1 Å². The van der Waals surface area contributed by atoms with E-state index >= 15 is 0 Å². The Kier molecular flexibility index (Phi) is 18.9. The van der Waals surface area contributed by atoms with Crippen molar-refractivity contribution in [2.45, 2.75) is 177 Å². The molecule has 7 heterocycles. The number of aliphatic hydroxyl groups excluding tert-OH is 2. The molecule has 7 rings (SSSR count). The van der Waals surface area contributed by atoms with Crippen LogP contribution in [0.4, 0.5) is 0 Å². The lowest BCUT2D eigenvalue weighted by Gasteiger charge is -2.44. The maximum atomic E-state index is 13.6. The minimum Gasteiger partial charge on any atom is -0.458 e. The Morgan fingerprint density at radius 3 is 2.57 bits per heavy atom. The van der Waals surface area contributed by atoms with E-state index in [1.165, 1.54) is 12.3 Å². The highest BCUT2D eigenvalue weighted by Gasteiger charge is 2.45. The lowest BCUT2D eigenvalue weighted by Crippen LogP contribution is -2.51. The fourth-order valence-electron chi connectivity index (χ4n) is 10.4. The minimum atomic E-state index is -1.73. The highest BCUT2D eigenvalue weighted by atomic mass is 79.9. The molecule has 3 N–H and O–H groups in total. The molecule has 15 nitrogen and oxygen atoms in total. The van der Waals surface area contributed by atoms with Crippen LogP contribution in [0.3, 0.4) is 0 Å². The maximum absolute atomic E-state index is 13.6. The zero-order valence-corrected chi connectivity index (χ0v) is 42.3. The lowest BCUT2D eigenvalue weighted by atomic mass is 9.79. The van der Waals surface area contributed by atoms with Crippen LogP contribution in [0.5, 0.6) is 0 Å². The third-order valence-electron chi connectivity index (χ3n) is 13.9. The molecule has 16 heteroatoms. The van der Waals surface area contributed by atoms with Crippen molar-refractivity contribution in [3.8, 4) is 0 Å². The standard InChI is InChI=1S/C53H71BrN2O13/c1-31(16-17-38(61-6)12-10-18-54)21-44(58)47-26-42(62-7)27-53(60,69-47)28-49-55-36(29-63-49)22-33(3)51-35(5)52-34(4)45(67-51)13-9-14-48-56-43(30-64-48)46-24-37(57)23-41(66-46)25-40-20-32(2)19-39(65-40)11-8-15-50(59)68-52/h8-10,14-18,21-22,29-30,34-35,37-42,44-47,51-52,57-58,60H,2,11-13,19-20,23-28H2,1,3-7H3/b14-9+,15-8?,17-16+,18-10+,31-21+,33-22+/t34-,35-,37+,38?,39-,40+,41?,42?,44+,45+,46?,47+,51-,52?,53-/m0/s1. The van der Waals surface area contributed by atoms with Crippen molar-refractivity contribution in [3.05, 3.63) is 107 Å². The SMILES string of the molecule is C=C1C[C@@H]2CC3C[C@@H](O)CC(O3)c3coc(n3)/C=C/C[C@H]3O[C@@H](/C(C)=C/c4coc(C[C@]5(O)CC(OC)C[C@H]([C@H](O)/C=C(C)/C=C/C(C/C=C/Br)OC)O5)n4)[C@H](C)C(OC(=O)C=CC[C@@H](C1)O2)[C@H]3C. The Hall–Kier alpha value is -3.81. The van der Waals surface area contributed by atoms with Crippen molar-refractivity contribution in [2.24, 2.45) is 11.8 Å². The smallest absolute Gasteiger partial charge is 0.330 e. The summed E-state index contributed by atoms with van der Waals surface area (Å²) in [4.78, 5) is 24.8. The molecule has 69 heavy (non-hydrogen) atoms. The predicted molar refractivity (Wildman–Crippen MR) is 261 cm³/mol. The van der Waals surface area contributed by atoms with Gasteiger partial charge in [0, 0.05) is 57.8 Å². The number of ether oxygens (including phenoxy) is 7. The summed E-state index contributed by atoms with van der Waals surface area (Å²) in [6.45, 7) is 12.2. The average molecular weight is 1020 g/mol. The summed E-state index contributed by atoms with van der Waals surface area (Å²) in [6, 6.07) is 0. The summed E-state index contributed by atoms with van der Waals surface area (Å²) in [7, 11) is 3.22. The fourth-order valence-corrected chi connectivity index (χ4v) is 10.6. The zero-order valence-electron chi connectivity index (χ0n) is 40.7. The quantitative estimate of drug-likeness (QED) is 0.104. The van der Waals surface area contributed by atoms with E-state index in [2.05, 4.69) is 22.5 Å². The number of hydrogen-bond donors (Lipinski definition) is 3. The highest BCUT2D eigenvalue weighted by molar-refractivity contribution is 9.11. The molecule has 0 aromatic carbocycles. The van der Waals surface area contributed by atoms with Gasteiger partial charge in [0.05, 0.1) is 67.5 Å². The van der Waals surface area contributed by atoms with Gasteiger partial charge in [0.1, 0.15) is 36.1 Å². The summed E-state index contributed by atoms with van der Waals surface area (Å²) in [5, 5.41) is 33.9. The molecule has 4 saturated heterocycles. The van der Waals surface area contributed by atoms with E-state index in [1.54, 1.807) is 37.6 Å². The highest BCUT2D eigenvalue weighted by Crippen LogP contribution is 2.40. The number of hydrogen-bond acceptors (Lipinski definition) is 15. The molecule has 5 unspecified atom stereocenters. The maximum Gasteiger partial charge on any atom is 0.330 e. The first-order valence-electron chi connectivity index (χ1n) is 24.3. The number of methoxy groups -OCH3 is 2. The Morgan fingerprint density at radius 2 is 1.78 bits per heavy atom. The molecule has 4 fully saturated rings. The fraction of sp³-hybridized carbons (Fsp3) is 0.604. The third-order valence-corrected chi connectivity index (χ3v) is 14.2. The van der Waals surface area contributed by atoms with E-state index in [0.717, 1.165) is 16.7 Å². The third kappa shape index (κ3) is 14.6. The molecule has 5 aliphatic heterocycles. The van der Waals surface area contributed by atoms with E-state index in [-0.39, 0.29) is 67.2 Å². The van der Waals surface area contributed by atoms with Crippen LogP contribution >= 0.6 is 15.9 Å². The number of carbonyl (C=O) groups excluding carboxylic acids is 1. The summed E-state index contributed by atoms with van der Waals surface area (Å²) in [6.07, 6.45) is 19.5. The van der Waals surface area contributed by atoms with Crippen molar-refractivity contribution in [1.29, 1.82) is 0 Å². The van der Waals surface area contributed by atoms with Crippen LogP contribution < -0.4 is 0 Å². The number of allylic oxidation sites excluding steroid dienone is 2. The molecule has 5 aliphatic rings. The number of nitrogens with zero attached hydrogens (tertiary/aromatic N) is 2. The van der Waals surface area contributed by atoms with Gasteiger partial charge in [-0.05, 0) is 75.1 Å². The Labute approximate surface area is 414 Å². The van der Waals surface area contributed by atoms with Crippen molar-refractivity contribution in [1.82, 2.24) is 9.97 Å². The van der Waals surface area contributed by atoms with Crippen LogP contribution in [-0.4, -0.2) is 118 Å². The Morgan fingerprint density at radius 1 is 0.986 bits per heavy atom. The number of rotatable bonds is 12. The number of esters is 1. The number of halogens is 1. The van der Waals surface area contributed by atoms with Gasteiger partial charge in [0.2, 0.25) is 5.89 Å². The number of fused-ring (bicyclic) bond motifs is 9. The molecular formula is C53H71BrN2O13. The van der Waals surface area contributed by atoms with Crippen molar-refractivity contribution in [3.63, 3.8) is 0 Å². The summed E-state index contributed by atoms with van der Waals surface area (Å²) in [5.41, 5.74) is 3.86. The second-order valence-corrected chi connectivity index (χ2v) is 20.0. The second kappa shape index (κ2) is 24.5. The number of aromatic nitrogens is 2. The van der Waals surface area contributed by atoms with Crippen molar-refractivity contribution in [2.75, 3.05) is 14.2 Å². The van der Waals surface area contributed by atoms with Gasteiger partial charge in [-0.2, -0.15) is 0 Å². The van der Waals surface area contributed by atoms with Gasteiger partial charge in [0.15, 0.2) is 11.7 Å².